The van der Waals surface area contributed by atoms with Crippen LogP contribution in [0.25, 0.3) is 0 Å². The van der Waals surface area contributed by atoms with Crippen LogP contribution in [0.3, 0.4) is 0 Å². The monoisotopic (exact) mass is 191 g/mol. The highest BCUT2D eigenvalue weighted by Crippen LogP contribution is 2.26. The third kappa shape index (κ3) is 2.02. The van der Waals surface area contributed by atoms with E-state index < -0.39 is 0 Å². The minimum Gasteiger partial charge on any atom is -0.504 e. The number of Topliss-reactive ketones (excluding diaryl/α,β-unsaturated/α-hetero) is 1. The molecule has 4 nitrogen and oxygen atoms in total. The number of carbonyl (C=O) groups excluding carboxylic acids is 1. The molecule has 0 saturated heterocycles. The Balaban J connectivity index is 2.98. The fourth-order valence-electron chi connectivity index (χ4n) is 1.04. The summed E-state index contributed by atoms with van der Waals surface area (Å²) in [6.07, 6.45) is -0.189. The second kappa shape index (κ2) is 4.28. The van der Waals surface area contributed by atoms with Crippen LogP contribution in [0.15, 0.2) is 18.2 Å². The van der Waals surface area contributed by atoms with Crippen molar-refractivity contribution in [1.82, 2.24) is 0 Å². The summed E-state index contributed by atoms with van der Waals surface area (Å²) in [5.74, 6) is -0.111. The van der Waals surface area contributed by atoms with Gasteiger partial charge in [-0.3, -0.25) is 4.79 Å². The van der Waals surface area contributed by atoms with Gasteiger partial charge in [-0.15, -0.1) is 0 Å². The molecule has 0 spiro atoms. The van der Waals surface area contributed by atoms with Crippen LogP contribution in [0.2, 0.25) is 0 Å². The van der Waals surface area contributed by atoms with Crippen molar-refractivity contribution in [2.75, 3.05) is 7.11 Å². The summed E-state index contributed by atoms with van der Waals surface area (Å²) in [6, 6.07) is 6.04. The van der Waals surface area contributed by atoms with E-state index in [1.807, 2.05) is 0 Å². The lowest BCUT2D eigenvalue weighted by Crippen LogP contribution is -1.97. The van der Waals surface area contributed by atoms with E-state index in [1.54, 1.807) is 6.07 Å². The molecule has 0 bridgehead atoms. The van der Waals surface area contributed by atoms with Crippen LogP contribution >= 0.6 is 0 Å². The van der Waals surface area contributed by atoms with Crippen molar-refractivity contribution in [3.63, 3.8) is 0 Å². The Labute approximate surface area is 81.4 Å². The number of carbonyl (C=O) groups is 1. The third-order valence-corrected chi connectivity index (χ3v) is 1.74. The van der Waals surface area contributed by atoms with Crippen molar-refractivity contribution >= 4 is 5.78 Å². The van der Waals surface area contributed by atoms with Gasteiger partial charge in [0.15, 0.2) is 17.3 Å². The highest BCUT2D eigenvalue weighted by Gasteiger charge is 2.08. The summed E-state index contributed by atoms with van der Waals surface area (Å²) in [7, 11) is 1.42. The number of benzene rings is 1. The molecule has 1 aromatic carbocycles. The standard InChI is InChI=1S/C10H9NO3/c1-14-10-3-2-7(6-9(10)13)8(12)4-5-11/h2-3,6,13H,4H2,1H3. The lowest BCUT2D eigenvalue weighted by molar-refractivity contribution is 0.0997. The number of nitrogens with zero attached hydrogens (tertiary/aromatic N) is 1. The van der Waals surface area contributed by atoms with Gasteiger partial charge < -0.3 is 9.84 Å². The molecule has 4 heteroatoms. The number of methoxy groups -OCH3 is 1. The maximum absolute atomic E-state index is 11.2. The Morgan fingerprint density at radius 2 is 2.36 bits per heavy atom. The first-order valence-electron chi connectivity index (χ1n) is 3.96. The molecule has 0 atom stereocenters. The number of hydrogen-bond acceptors (Lipinski definition) is 4. The molecule has 0 amide bonds. The van der Waals surface area contributed by atoms with Gasteiger partial charge in [-0.05, 0) is 18.2 Å². The van der Waals surface area contributed by atoms with Gasteiger partial charge in [0.25, 0.3) is 0 Å². The molecule has 1 aromatic rings. The van der Waals surface area contributed by atoms with E-state index in [2.05, 4.69) is 0 Å². The number of rotatable bonds is 3. The van der Waals surface area contributed by atoms with Crippen molar-refractivity contribution in [2.45, 2.75) is 6.42 Å². The van der Waals surface area contributed by atoms with Crippen LogP contribution in [-0.2, 0) is 0 Å². The van der Waals surface area contributed by atoms with Crippen LogP contribution in [0.5, 0.6) is 11.5 Å². The lowest BCUT2D eigenvalue weighted by Gasteiger charge is -2.03. The first-order valence-corrected chi connectivity index (χ1v) is 3.96. The number of hydrogen-bond donors (Lipinski definition) is 1. The Morgan fingerprint density at radius 1 is 1.64 bits per heavy atom. The van der Waals surface area contributed by atoms with Crippen molar-refractivity contribution in [2.24, 2.45) is 0 Å². The fraction of sp³-hybridized carbons (Fsp3) is 0.200. The zero-order valence-electron chi connectivity index (χ0n) is 7.65. The molecule has 14 heavy (non-hydrogen) atoms. The number of nitriles is 1. The van der Waals surface area contributed by atoms with Crippen molar-refractivity contribution in [3.05, 3.63) is 23.8 Å². The first kappa shape index (κ1) is 10.1. The second-order valence-corrected chi connectivity index (χ2v) is 2.64. The van der Waals surface area contributed by atoms with Gasteiger partial charge in [0, 0.05) is 5.56 Å². The van der Waals surface area contributed by atoms with Crippen LogP contribution in [-0.4, -0.2) is 18.0 Å². The Kier molecular flexibility index (Phi) is 3.08. The molecule has 0 aliphatic rings. The maximum atomic E-state index is 11.2. The van der Waals surface area contributed by atoms with Crippen molar-refractivity contribution in [1.29, 1.82) is 5.26 Å². The largest absolute Gasteiger partial charge is 0.504 e. The van der Waals surface area contributed by atoms with Gasteiger partial charge in [0.05, 0.1) is 19.6 Å². The molecule has 1 rings (SSSR count). The summed E-state index contributed by atoms with van der Waals surface area (Å²) in [5.41, 5.74) is 0.310. The molecule has 0 radical (unpaired) electrons. The van der Waals surface area contributed by atoms with Gasteiger partial charge >= 0.3 is 0 Å². The van der Waals surface area contributed by atoms with Gasteiger partial charge in [-0.1, -0.05) is 0 Å². The predicted molar refractivity (Wildman–Crippen MR) is 49.2 cm³/mol. The first-order chi connectivity index (χ1) is 6.69. The minimum absolute atomic E-state index is 0.101. The number of phenolic OH excluding ortho intramolecular Hbond substituents is 1. The Bertz CT molecular complexity index is 393. The summed E-state index contributed by atoms with van der Waals surface area (Å²) >= 11 is 0. The van der Waals surface area contributed by atoms with E-state index in [9.17, 15) is 9.90 Å². The molecule has 1 N–H and O–H groups in total. The summed E-state index contributed by atoms with van der Waals surface area (Å²) in [6.45, 7) is 0. The normalized spacial score (nSPS) is 9.14. The van der Waals surface area contributed by atoms with Crippen molar-refractivity contribution in [3.8, 4) is 17.6 Å². The number of ether oxygens (including phenoxy) is 1. The fourth-order valence-corrected chi connectivity index (χ4v) is 1.04. The lowest BCUT2D eigenvalue weighted by atomic mass is 10.1. The van der Waals surface area contributed by atoms with Gasteiger partial charge in [0.2, 0.25) is 0 Å². The van der Waals surface area contributed by atoms with Crippen LogP contribution in [0.4, 0.5) is 0 Å². The molecule has 0 heterocycles. The average molecular weight is 191 g/mol. The highest BCUT2D eigenvalue weighted by molar-refractivity contribution is 5.97. The summed E-state index contributed by atoms with van der Waals surface area (Å²) < 4.78 is 4.81. The summed E-state index contributed by atoms with van der Waals surface area (Å²) in [4.78, 5) is 11.2. The Hall–Kier alpha value is -2.02. The SMILES string of the molecule is COc1ccc(C(=O)CC#N)cc1O. The van der Waals surface area contributed by atoms with Gasteiger partial charge in [0.1, 0.15) is 0 Å². The van der Waals surface area contributed by atoms with E-state index in [0.29, 0.717) is 11.3 Å². The zero-order chi connectivity index (χ0) is 10.6. The van der Waals surface area contributed by atoms with Crippen LogP contribution in [0, 0.1) is 11.3 Å². The van der Waals surface area contributed by atoms with E-state index >= 15 is 0 Å². The Morgan fingerprint density at radius 3 is 2.86 bits per heavy atom. The molecular formula is C10H9NO3. The van der Waals surface area contributed by atoms with Gasteiger partial charge in [-0.25, -0.2) is 0 Å². The minimum atomic E-state index is -0.314. The molecule has 0 fully saturated rings. The molecule has 72 valence electrons. The molecular weight excluding hydrogens is 182 g/mol. The zero-order valence-corrected chi connectivity index (χ0v) is 7.65. The van der Waals surface area contributed by atoms with E-state index in [1.165, 1.54) is 25.3 Å². The van der Waals surface area contributed by atoms with Crippen molar-refractivity contribution < 1.29 is 14.6 Å². The predicted octanol–water partition coefficient (Wildman–Crippen LogP) is 1.50. The second-order valence-electron chi connectivity index (χ2n) is 2.64. The van der Waals surface area contributed by atoms with E-state index in [-0.39, 0.29) is 18.0 Å². The maximum Gasteiger partial charge on any atom is 0.177 e. The summed E-state index contributed by atoms with van der Waals surface area (Å²) in [5, 5.41) is 17.7. The van der Waals surface area contributed by atoms with E-state index in [4.69, 9.17) is 10.00 Å². The third-order valence-electron chi connectivity index (χ3n) is 1.74. The quantitative estimate of drug-likeness (QED) is 0.735. The van der Waals surface area contributed by atoms with Crippen LogP contribution in [0.1, 0.15) is 16.8 Å². The van der Waals surface area contributed by atoms with E-state index in [0.717, 1.165) is 0 Å². The molecule has 0 aliphatic heterocycles. The highest BCUT2D eigenvalue weighted by atomic mass is 16.5. The van der Waals surface area contributed by atoms with Gasteiger partial charge in [-0.2, -0.15) is 5.26 Å². The number of aromatic hydroxyl groups is 1. The molecule has 0 saturated carbocycles. The number of phenols is 1. The molecule has 0 aliphatic carbocycles. The average Bonchev–Trinajstić information content (AvgIpc) is 2.18. The topological polar surface area (TPSA) is 70.3 Å². The number of ketones is 1. The van der Waals surface area contributed by atoms with Crippen LogP contribution < -0.4 is 4.74 Å². The molecule has 0 unspecified atom stereocenters. The smallest absolute Gasteiger partial charge is 0.177 e. The molecule has 0 aromatic heterocycles.